The van der Waals surface area contributed by atoms with Crippen molar-refractivity contribution in [3.8, 4) is 11.5 Å². The van der Waals surface area contributed by atoms with Gasteiger partial charge < -0.3 is 10.2 Å². The van der Waals surface area contributed by atoms with Crippen LogP contribution in [0.4, 0.5) is 0 Å². The van der Waals surface area contributed by atoms with Crippen molar-refractivity contribution in [1.29, 1.82) is 0 Å². The van der Waals surface area contributed by atoms with Gasteiger partial charge in [0.15, 0.2) is 0 Å². The van der Waals surface area contributed by atoms with Gasteiger partial charge in [0.2, 0.25) is 0 Å². The summed E-state index contributed by atoms with van der Waals surface area (Å²) >= 11 is 0. The first-order valence-electron chi connectivity index (χ1n) is 9.30. The molecule has 0 saturated carbocycles. The maximum Gasteiger partial charge on any atom is 0.115 e. The summed E-state index contributed by atoms with van der Waals surface area (Å²) < 4.78 is 0. The van der Waals surface area contributed by atoms with Gasteiger partial charge in [0.05, 0.1) is 0 Å². The van der Waals surface area contributed by atoms with Gasteiger partial charge in [-0.3, -0.25) is 0 Å². The lowest BCUT2D eigenvalue weighted by Gasteiger charge is -2.19. The predicted molar refractivity (Wildman–Crippen MR) is 107 cm³/mol. The van der Waals surface area contributed by atoms with E-state index < -0.39 is 0 Å². The number of phenolic OH excluding ortho intramolecular Hbond substituents is 2. The maximum absolute atomic E-state index is 9.52. The van der Waals surface area contributed by atoms with Crippen LogP contribution in [0.1, 0.15) is 60.8 Å². The van der Waals surface area contributed by atoms with Gasteiger partial charge >= 0.3 is 0 Å². The summed E-state index contributed by atoms with van der Waals surface area (Å²) in [6.45, 7) is 4.38. The average Bonchev–Trinajstić information content (AvgIpc) is 2.67. The molecule has 0 saturated heterocycles. The molecule has 0 bridgehead atoms. The quantitative estimate of drug-likeness (QED) is 0.559. The second kappa shape index (κ2) is 8.09. The van der Waals surface area contributed by atoms with Crippen LogP contribution >= 0.6 is 0 Å². The van der Waals surface area contributed by atoms with E-state index in [1.165, 1.54) is 22.3 Å². The van der Waals surface area contributed by atoms with Gasteiger partial charge in [-0.2, -0.15) is 0 Å². The minimum atomic E-state index is 0.304. The summed E-state index contributed by atoms with van der Waals surface area (Å²) in [5.41, 5.74) is 5.04. The number of hydrogen-bond acceptors (Lipinski definition) is 2. The summed E-state index contributed by atoms with van der Waals surface area (Å²) in [4.78, 5) is 0. The third-order valence-electron chi connectivity index (χ3n) is 5.15. The molecule has 0 aromatic heterocycles. The molecule has 26 heavy (non-hydrogen) atoms. The van der Waals surface area contributed by atoms with Crippen LogP contribution in [-0.2, 0) is 0 Å². The minimum absolute atomic E-state index is 0.304. The summed E-state index contributed by atoms with van der Waals surface area (Å²) in [5.74, 6) is 1.27. The Morgan fingerprint density at radius 1 is 0.500 bits per heavy atom. The maximum atomic E-state index is 9.52. The summed E-state index contributed by atoms with van der Waals surface area (Å²) in [5, 5.41) is 19.0. The summed E-state index contributed by atoms with van der Waals surface area (Å²) in [7, 11) is 0. The molecular weight excluding hydrogens is 320 g/mol. The van der Waals surface area contributed by atoms with Crippen molar-refractivity contribution in [3.63, 3.8) is 0 Å². The zero-order valence-electron chi connectivity index (χ0n) is 15.4. The van der Waals surface area contributed by atoms with Crippen molar-refractivity contribution in [2.24, 2.45) is 0 Å². The predicted octanol–water partition coefficient (Wildman–Crippen LogP) is 6.18. The molecule has 0 aliphatic heterocycles. The molecule has 3 aromatic carbocycles. The van der Waals surface area contributed by atoms with Crippen molar-refractivity contribution in [1.82, 2.24) is 0 Å². The fourth-order valence-corrected chi connectivity index (χ4v) is 3.70. The molecule has 2 heteroatoms. The lowest BCUT2D eigenvalue weighted by Crippen LogP contribution is -2.02. The molecule has 2 unspecified atom stereocenters. The summed E-state index contributed by atoms with van der Waals surface area (Å²) in [6.07, 6.45) is 2.03. The first kappa shape index (κ1) is 18.1. The Balaban J connectivity index is 1.86. The highest BCUT2D eigenvalue weighted by molar-refractivity contribution is 5.40. The SMILES string of the molecule is CCC(c1ccc(O)cc1)c1ccc(C(CC)c2ccc(O)cc2)cc1. The van der Waals surface area contributed by atoms with Crippen LogP contribution in [0.3, 0.4) is 0 Å². The number of hydrogen-bond donors (Lipinski definition) is 2. The lowest BCUT2D eigenvalue weighted by molar-refractivity contribution is 0.474. The van der Waals surface area contributed by atoms with Crippen LogP contribution in [0, 0.1) is 0 Å². The van der Waals surface area contributed by atoms with E-state index in [0.717, 1.165) is 12.8 Å². The van der Waals surface area contributed by atoms with E-state index in [9.17, 15) is 10.2 Å². The van der Waals surface area contributed by atoms with E-state index >= 15 is 0 Å². The Labute approximate surface area is 155 Å². The van der Waals surface area contributed by atoms with Crippen molar-refractivity contribution in [2.45, 2.75) is 38.5 Å². The van der Waals surface area contributed by atoms with Crippen LogP contribution in [0.5, 0.6) is 11.5 Å². The van der Waals surface area contributed by atoms with Gasteiger partial charge in [-0.05, 0) is 59.4 Å². The third kappa shape index (κ3) is 3.91. The fourth-order valence-electron chi connectivity index (χ4n) is 3.70. The van der Waals surface area contributed by atoms with Crippen LogP contribution in [-0.4, -0.2) is 10.2 Å². The van der Waals surface area contributed by atoms with Gasteiger partial charge in [-0.25, -0.2) is 0 Å². The number of phenols is 2. The topological polar surface area (TPSA) is 40.5 Å². The van der Waals surface area contributed by atoms with E-state index in [1.807, 2.05) is 24.3 Å². The molecular formula is C24H26O2. The second-order valence-corrected chi connectivity index (χ2v) is 6.77. The molecule has 3 aromatic rings. The number of benzene rings is 3. The van der Waals surface area contributed by atoms with E-state index in [1.54, 1.807) is 24.3 Å². The van der Waals surface area contributed by atoms with Crippen molar-refractivity contribution < 1.29 is 10.2 Å². The van der Waals surface area contributed by atoms with Crippen LogP contribution in [0.25, 0.3) is 0 Å². The van der Waals surface area contributed by atoms with Gasteiger partial charge in [-0.1, -0.05) is 62.4 Å². The van der Waals surface area contributed by atoms with Gasteiger partial charge in [0.1, 0.15) is 11.5 Å². The lowest BCUT2D eigenvalue weighted by atomic mass is 9.85. The first-order valence-corrected chi connectivity index (χ1v) is 9.30. The van der Waals surface area contributed by atoms with Gasteiger partial charge in [0.25, 0.3) is 0 Å². The van der Waals surface area contributed by atoms with E-state index in [0.29, 0.717) is 23.3 Å². The molecule has 0 spiro atoms. The molecule has 0 fully saturated rings. The Bertz CT molecular complexity index is 745. The fraction of sp³-hybridized carbons (Fsp3) is 0.250. The number of rotatable bonds is 6. The highest BCUT2D eigenvalue weighted by atomic mass is 16.3. The first-order chi connectivity index (χ1) is 12.6. The molecule has 2 nitrogen and oxygen atoms in total. The van der Waals surface area contributed by atoms with Crippen molar-refractivity contribution in [3.05, 3.63) is 95.1 Å². The van der Waals surface area contributed by atoms with Gasteiger partial charge in [0, 0.05) is 11.8 Å². The van der Waals surface area contributed by atoms with Gasteiger partial charge in [-0.15, -0.1) is 0 Å². The monoisotopic (exact) mass is 346 g/mol. The summed E-state index contributed by atoms with van der Waals surface area (Å²) in [6, 6.07) is 23.9. The molecule has 3 rings (SSSR count). The molecule has 0 amide bonds. The Morgan fingerprint density at radius 3 is 0.962 bits per heavy atom. The molecule has 2 N–H and O–H groups in total. The standard InChI is InChI=1S/C24H26O2/c1-3-23(19-9-13-21(25)14-10-19)17-5-7-18(8-6-17)24(4-2)20-11-15-22(26)16-12-20/h5-16,23-26H,3-4H2,1-2H3. The molecule has 134 valence electrons. The number of aromatic hydroxyl groups is 2. The van der Waals surface area contributed by atoms with Crippen molar-refractivity contribution in [2.75, 3.05) is 0 Å². The average molecular weight is 346 g/mol. The van der Waals surface area contributed by atoms with E-state index in [2.05, 4.69) is 38.1 Å². The van der Waals surface area contributed by atoms with Crippen molar-refractivity contribution >= 4 is 0 Å². The second-order valence-electron chi connectivity index (χ2n) is 6.77. The zero-order chi connectivity index (χ0) is 18.5. The Morgan fingerprint density at radius 2 is 0.731 bits per heavy atom. The van der Waals surface area contributed by atoms with Crippen LogP contribution in [0.2, 0.25) is 0 Å². The Hall–Kier alpha value is -2.74. The smallest absolute Gasteiger partial charge is 0.115 e. The normalized spacial score (nSPS) is 13.3. The van der Waals surface area contributed by atoms with Crippen LogP contribution in [0.15, 0.2) is 72.8 Å². The molecule has 0 heterocycles. The molecule has 0 aliphatic rings. The third-order valence-corrected chi connectivity index (χ3v) is 5.15. The minimum Gasteiger partial charge on any atom is -0.508 e. The highest BCUT2D eigenvalue weighted by Gasteiger charge is 2.15. The van der Waals surface area contributed by atoms with E-state index in [4.69, 9.17) is 0 Å². The Kier molecular flexibility index (Phi) is 5.62. The zero-order valence-corrected chi connectivity index (χ0v) is 15.4. The largest absolute Gasteiger partial charge is 0.508 e. The van der Waals surface area contributed by atoms with Crippen LogP contribution < -0.4 is 0 Å². The molecule has 0 radical (unpaired) electrons. The van der Waals surface area contributed by atoms with E-state index in [-0.39, 0.29) is 0 Å². The molecule has 2 atom stereocenters. The highest BCUT2D eigenvalue weighted by Crippen LogP contribution is 2.33. The molecule has 0 aliphatic carbocycles.